The first-order valence-electron chi connectivity index (χ1n) is 22.9. The zero-order valence-corrected chi connectivity index (χ0v) is 42.5. The smallest absolute Gasteiger partial charge is 0.0894 e. The number of nitrogens with zero attached hydrogens (tertiary/aromatic N) is 12. The topological polar surface area (TPSA) is 155 Å². The van der Waals surface area contributed by atoms with E-state index in [4.69, 9.17) is 0 Å². The van der Waals surface area contributed by atoms with Crippen molar-refractivity contribution in [3.63, 3.8) is 0 Å². The summed E-state index contributed by atoms with van der Waals surface area (Å²) in [7, 11) is 0. The van der Waals surface area contributed by atoms with Crippen molar-refractivity contribution in [3.05, 3.63) is 268 Å². The molecule has 0 bridgehead atoms. The summed E-state index contributed by atoms with van der Waals surface area (Å²) in [5, 5.41) is 0. The van der Waals surface area contributed by atoms with Crippen LogP contribution >= 0.6 is 0 Å². The fourth-order valence-electron chi connectivity index (χ4n) is 6.99. The van der Waals surface area contributed by atoms with Gasteiger partial charge in [-0.05, 0) is 146 Å². The number of hydrogen-bond donors (Lipinski definition) is 0. The molecule has 0 aliphatic rings. The molecule has 0 amide bonds. The number of rotatable bonds is 8. The van der Waals surface area contributed by atoms with Gasteiger partial charge < -0.3 is 0 Å². The standard InChI is InChI=1S/4C15H11N3.2V/c4*1-3-10-16-12(6-1)14-8-5-9-15(18-14)13-7-2-4-11-17-13;;/h4*1-11H;;. The molecule has 12 heterocycles. The van der Waals surface area contributed by atoms with Crippen LogP contribution in [0, 0.1) is 0 Å². The maximum atomic E-state index is 4.59. The molecule has 0 aliphatic carbocycles. The Hall–Kier alpha value is -9.03. The Balaban J connectivity index is 0.000000143. The molecule has 12 aromatic heterocycles. The summed E-state index contributed by atoms with van der Waals surface area (Å²) < 4.78 is 0. The third-order valence-electron chi connectivity index (χ3n) is 10.4. The van der Waals surface area contributed by atoms with Gasteiger partial charge in [0.2, 0.25) is 0 Å². The van der Waals surface area contributed by atoms with Crippen LogP contribution in [0.3, 0.4) is 0 Å². The number of hydrogen-bond acceptors (Lipinski definition) is 12. The Bertz CT molecular complexity index is 2810. The molecule has 0 saturated heterocycles. The predicted molar refractivity (Wildman–Crippen MR) is 283 cm³/mol. The summed E-state index contributed by atoms with van der Waals surface area (Å²) in [5.74, 6) is 0. The van der Waals surface area contributed by atoms with Crippen LogP contribution in [0.15, 0.2) is 268 Å². The second-order valence-corrected chi connectivity index (χ2v) is 15.4. The van der Waals surface area contributed by atoms with E-state index in [1.165, 1.54) is 0 Å². The molecule has 2 radical (unpaired) electrons. The molecule has 0 fully saturated rings. The van der Waals surface area contributed by atoms with Crippen LogP contribution in [-0.4, -0.2) is 59.8 Å². The van der Waals surface area contributed by atoms with E-state index in [-0.39, 0.29) is 37.1 Å². The predicted octanol–water partition coefficient (Wildman–Crippen LogP) is 12.8. The second-order valence-electron chi connectivity index (χ2n) is 15.4. The first-order chi connectivity index (χ1) is 35.7. The van der Waals surface area contributed by atoms with Crippen LogP contribution < -0.4 is 0 Å². The van der Waals surface area contributed by atoms with Gasteiger partial charge in [0.05, 0.1) is 91.1 Å². The minimum Gasteiger partial charge on any atom is -0.255 e. The molecule has 74 heavy (non-hydrogen) atoms. The van der Waals surface area contributed by atoms with Crippen molar-refractivity contribution < 1.29 is 37.1 Å². The van der Waals surface area contributed by atoms with Crippen molar-refractivity contribution in [1.29, 1.82) is 0 Å². The van der Waals surface area contributed by atoms with Gasteiger partial charge in [-0.2, -0.15) is 0 Å². The van der Waals surface area contributed by atoms with Crippen LogP contribution in [0.2, 0.25) is 0 Å². The minimum atomic E-state index is 0. The fraction of sp³-hybridized carbons (Fsp3) is 0. The average molecular weight is 1030 g/mol. The summed E-state index contributed by atoms with van der Waals surface area (Å²) in [4.78, 5) is 52.8. The number of pyridine rings is 12. The summed E-state index contributed by atoms with van der Waals surface area (Å²) in [5.41, 5.74) is 13.8. The van der Waals surface area contributed by atoms with E-state index in [2.05, 4.69) is 59.8 Å². The first-order valence-corrected chi connectivity index (χ1v) is 22.9. The molecular weight excluding hydrogens is 991 g/mol. The van der Waals surface area contributed by atoms with Crippen molar-refractivity contribution in [2.24, 2.45) is 0 Å². The second kappa shape index (κ2) is 28.1. The first kappa shape index (κ1) is 52.8. The maximum absolute atomic E-state index is 4.59. The number of aromatic nitrogens is 12. The zero-order chi connectivity index (χ0) is 48.8. The summed E-state index contributed by atoms with van der Waals surface area (Å²) in [6, 6.07) is 69.9. The van der Waals surface area contributed by atoms with E-state index in [9.17, 15) is 0 Å². The van der Waals surface area contributed by atoms with Crippen LogP contribution in [0.1, 0.15) is 0 Å². The fourth-order valence-corrected chi connectivity index (χ4v) is 6.99. The molecular formula is C60H44N12V2. The Morgan fingerprint density at radius 3 is 0.365 bits per heavy atom. The van der Waals surface area contributed by atoms with Crippen LogP contribution in [0.5, 0.6) is 0 Å². The van der Waals surface area contributed by atoms with Crippen molar-refractivity contribution >= 4 is 0 Å². The van der Waals surface area contributed by atoms with Gasteiger partial charge in [-0.25, -0.2) is 19.9 Å². The normalized spacial score (nSPS) is 9.95. The maximum Gasteiger partial charge on any atom is 0.0894 e. The van der Waals surface area contributed by atoms with Crippen LogP contribution in [0.25, 0.3) is 91.1 Å². The van der Waals surface area contributed by atoms with E-state index in [1.807, 2.05) is 218 Å². The molecule has 12 rings (SSSR count). The van der Waals surface area contributed by atoms with Crippen molar-refractivity contribution in [1.82, 2.24) is 59.8 Å². The molecule has 0 aliphatic heterocycles. The molecule has 14 heteroatoms. The Kier molecular flexibility index (Phi) is 20.1. The van der Waals surface area contributed by atoms with E-state index in [1.54, 1.807) is 49.6 Å². The van der Waals surface area contributed by atoms with Crippen LogP contribution in [-0.2, 0) is 37.1 Å². The minimum absolute atomic E-state index is 0. The molecule has 0 atom stereocenters. The van der Waals surface area contributed by atoms with E-state index >= 15 is 0 Å². The molecule has 12 aromatic rings. The van der Waals surface area contributed by atoms with E-state index in [0.29, 0.717) is 0 Å². The summed E-state index contributed by atoms with van der Waals surface area (Å²) in [6.45, 7) is 0. The van der Waals surface area contributed by atoms with Gasteiger partial charge in [-0.15, -0.1) is 0 Å². The Morgan fingerprint density at radius 2 is 0.257 bits per heavy atom. The third-order valence-corrected chi connectivity index (χ3v) is 10.4. The van der Waals surface area contributed by atoms with E-state index in [0.717, 1.165) is 91.1 Å². The van der Waals surface area contributed by atoms with Gasteiger partial charge in [-0.3, -0.25) is 39.9 Å². The molecule has 354 valence electrons. The molecule has 0 saturated carbocycles. The molecule has 0 unspecified atom stereocenters. The van der Waals surface area contributed by atoms with Gasteiger partial charge >= 0.3 is 0 Å². The molecule has 12 nitrogen and oxygen atoms in total. The monoisotopic (exact) mass is 1030 g/mol. The summed E-state index contributed by atoms with van der Waals surface area (Å²) in [6.07, 6.45) is 14.1. The zero-order valence-electron chi connectivity index (χ0n) is 39.7. The quantitative estimate of drug-likeness (QED) is 0.142. The average Bonchev–Trinajstić information content (AvgIpc) is 3.49. The van der Waals surface area contributed by atoms with Crippen molar-refractivity contribution in [2.75, 3.05) is 0 Å². The Labute approximate surface area is 453 Å². The van der Waals surface area contributed by atoms with Crippen molar-refractivity contribution in [3.8, 4) is 91.1 Å². The van der Waals surface area contributed by atoms with Crippen molar-refractivity contribution in [2.45, 2.75) is 0 Å². The van der Waals surface area contributed by atoms with Gasteiger partial charge in [0.15, 0.2) is 0 Å². The van der Waals surface area contributed by atoms with Gasteiger partial charge in [-0.1, -0.05) is 72.8 Å². The van der Waals surface area contributed by atoms with E-state index < -0.39 is 0 Å². The van der Waals surface area contributed by atoms with Gasteiger partial charge in [0, 0.05) is 86.7 Å². The summed E-state index contributed by atoms with van der Waals surface area (Å²) >= 11 is 0. The largest absolute Gasteiger partial charge is 0.255 e. The van der Waals surface area contributed by atoms with Crippen LogP contribution in [0.4, 0.5) is 0 Å². The SMILES string of the molecule is [V].[V].c1ccc(-c2cccc(-c3ccccn3)n2)nc1.c1ccc(-c2cccc(-c3ccccn3)n2)nc1.c1ccc(-c2cccc(-c3ccccn3)n2)nc1.c1ccc(-c2cccc(-c3ccccn3)n2)nc1. The Morgan fingerprint density at radius 1 is 0.135 bits per heavy atom. The molecule has 0 spiro atoms. The molecule has 0 aromatic carbocycles. The van der Waals surface area contributed by atoms with Gasteiger partial charge in [0.25, 0.3) is 0 Å². The third kappa shape index (κ3) is 15.0. The molecule has 0 N–H and O–H groups in total. The van der Waals surface area contributed by atoms with Gasteiger partial charge in [0.1, 0.15) is 0 Å².